The minimum atomic E-state index is -0.381. The molecular formula is C15H24N2O2S. The second-order valence-corrected chi connectivity index (χ2v) is 6.50. The third-order valence-electron chi connectivity index (χ3n) is 3.15. The van der Waals surface area contributed by atoms with E-state index in [4.69, 9.17) is 0 Å². The highest BCUT2D eigenvalue weighted by molar-refractivity contribution is 7.09. The molecular weight excluding hydrogens is 272 g/mol. The topological polar surface area (TPSA) is 49.4 Å². The molecule has 1 aromatic rings. The Morgan fingerprint density at radius 1 is 1.40 bits per heavy atom. The summed E-state index contributed by atoms with van der Waals surface area (Å²) >= 11 is 1.73. The highest BCUT2D eigenvalue weighted by Gasteiger charge is 2.20. The number of carbonyl (C=O) groups excluding carboxylic acids is 2. The molecule has 0 radical (unpaired) electrons. The van der Waals surface area contributed by atoms with Gasteiger partial charge in [-0.25, -0.2) is 0 Å². The van der Waals surface area contributed by atoms with Gasteiger partial charge in [-0.2, -0.15) is 0 Å². The highest BCUT2D eigenvalue weighted by atomic mass is 32.1. The smallest absolute Gasteiger partial charge is 0.234 e. The quantitative estimate of drug-likeness (QED) is 0.798. The van der Waals surface area contributed by atoms with Crippen LogP contribution in [0.2, 0.25) is 0 Å². The molecule has 1 rings (SSSR count). The number of nitrogens with one attached hydrogen (secondary N) is 1. The molecule has 20 heavy (non-hydrogen) atoms. The van der Waals surface area contributed by atoms with Crippen molar-refractivity contribution in [3.63, 3.8) is 0 Å². The molecule has 0 aliphatic rings. The van der Waals surface area contributed by atoms with E-state index in [1.165, 1.54) is 11.8 Å². The molecule has 5 heteroatoms. The van der Waals surface area contributed by atoms with E-state index >= 15 is 0 Å². The van der Waals surface area contributed by atoms with Gasteiger partial charge in [-0.1, -0.05) is 19.9 Å². The fourth-order valence-electron chi connectivity index (χ4n) is 2.04. The van der Waals surface area contributed by atoms with Crippen molar-refractivity contribution in [2.75, 3.05) is 20.1 Å². The van der Waals surface area contributed by atoms with Crippen molar-refractivity contribution in [1.29, 1.82) is 0 Å². The van der Waals surface area contributed by atoms with Crippen LogP contribution in [0.3, 0.4) is 0 Å². The largest absolute Gasteiger partial charge is 0.345 e. The standard InChI is InChI=1S/C15H24N2O2S/c1-11(2)15(12(3)18)16-14(19)10-17(4)8-7-13-6-5-9-20-13/h5-6,9,11,15H,7-8,10H2,1-4H3,(H,16,19). The van der Waals surface area contributed by atoms with Crippen LogP contribution in [0.1, 0.15) is 25.6 Å². The minimum absolute atomic E-state index is 0.00888. The van der Waals surface area contributed by atoms with Crippen LogP contribution in [0.25, 0.3) is 0 Å². The first kappa shape index (κ1) is 16.9. The number of thiophene rings is 1. The summed E-state index contributed by atoms with van der Waals surface area (Å²) in [6.45, 7) is 6.55. The first-order chi connectivity index (χ1) is 9.40. The Balaban J connectivity index is 2.35. The number of Topliss-reactive ketones (excluding diaryl/α,β-unsaturated/α-hetero) is 1. The van der Waals surface area contributed by atoms with Crippen LogP contribution in [-0.4, -0.2) is 42.8 Å². The average Bonchev–Trinajstić information content (AvgIpc) is 2.85. The molecule has 0 spiro atoms. The third-order valence-corrected chi connectivity index (χ3v) is 4.09. The second kappa shape index (κ2) is 8.17. The molecule has 1 amide bonds. The lowest BCUT2D eigenvalue weighted by atomic mass is 10.0. The number of rotatable bonds is 8. The van der Waals surface area contributed by atoms with Gasteiger partial charge >= 0.3 is 0 Å². The van der Waals surface area contributed by atoms with Crippen molar-refractivity contribution in [3.8, 4) is 0 Å². The van der Waals surface area contributed by atoms with Gasteiger partial charge in [0.1, 0.15) is 0 Å². The fourth-order valence-corrected chi connectivity index (χ4v) is 2.74. The first-order valence-corrected chi connectivity index (χ1v) is 7.79. The van der Waals surface area contributed by atoms with E-state index in [0.29, 0.717) is 6.54 Å². The zero-order valence-electron chi connectivity index (χ0n) is 12.7. The van der Waals surface area contributed by atoms with Crippen LogP contribution in [0.4, 0.5) is 0 Å². The van der Waals surface area contributed by atoms with Crippen molar-refractivity contribution in [1.82, 2.24) is 10.2 Å². The number of hydrogen-bond donors (Lipinski definition) is 1. The Morgan fingerprint density at radius 2 is 2.10 bits per heavy atom. The van der Waals surface area contributed by atoms with Crippen LogP contribution in [0.15, 0.2) is 17.5 Å². The Labute approximate surface area is 125 Å². The SMILES string of the molecule is CC(=O)C(NC(=O)CN(C)CCc1cccs1)C(C)C. The lowest BCUT2D eigenvalue weighted by Gasteiger charge is -2.22. The minimum Gasteiger partial charge on any atom is -0.345 e. The van der Waals surface area contributed by atoms with Crippen molar-refractivity contribution in [2.24, 2.45) is 5.92 Å². The van der Waals surface area contributed by atoms with E-state index in [2.05, 4.69) is 16.8 Å². The molecule has 0 aliphatic heterocycles. The molecule has 1 heterocycles. The molecule has 0 bridgehead atoms. The van der Waals surface area contributed by atoms with Gasteiger partial charge in [0.05, 0.1) is 12.6 Å². The van der Waals surface area contributed by atoms with Gasteiger partial charge in [0, 0.05) is 11.4 Å². The predicted molar refractivity (Wildman–Crippen MR) is 83.0 cm³/mol. The molecule has 0 aromatic carbocycles. The summed E-state index contributed by atoms with van der Waals surface area (Å²) in [5.41, 5.74) is 0. The molecule has 0 aliphatic carbocycles. The maximum atomic E-state index is 11.9. The first-order valence-electron chi connectivity index (χ1n) is 6.91. The lowest BCUT2D eigenvalue weighted by Crippen LogP contribution is -2.47. The summed E-state index contributed by atoms with van der Waals surface area (Å²) in [6.07, 6.45) is 0.946. The van der Waals surface area contributed by atoms with Crippen LogP contribution in [-0.2, 0) is 16.0 Å². The summed E-state index contributed by atoms with van der Waals surface area (Å²) in [7, 11) is 1.92. The van der Waals surface area contributed by atoms with Gasteiger partial charge in [0.15, 0.2) is 5.78 Å². The van der Waals surface area contributed by atoms with Gasteiger partial charge in [0.2, 0.25) is 5.91 Å². The van der Waals surface area contributed by atoms with Crippen LogP contribution in [0.5, 0.6) is 0 Å². The molecule has 1 atom stereocenters. The van der Waals surface area contributed by atoms with Crippen molar-refractivity contribution in [2.45, 2.75) is 33.2 Å². The lowest BCUT2D eigenvalue weighted by molar-refractivity contribution is -0.128. The van der Waals surface area contributed by atoms with Gasteiger partial charge in [-0.3, -0.25) is 14.5 Å². The van der Waals surface area contributed by atoms with E-state index in [1.807, 2.05) is 31.9 Å². The Hall–Kier alpha value is -1.20. The number of hydrogen-bond acceptors (Lipinski definition) is 4. The molecule has 112 valence electrons. The van der Waals surface area contributed by atoms with Gasteiger partial charge < -0.3 is 5.32 Å². The van der Waals surface area contributed by atoms with Crippen molar-refractivity contribution in [3.05, 3.63) is 22.4 Å². The van der Waals surface area contributed by atoms with Crippen LogP contribution < -0.4 is 5.32 Å². The van der Waals surface area contributed by atoms with E-state index in [0.717, 1.165) is 13.0 Å². The maximum Gasteiger partial charge on any atom is 0.234 e. The van der Waals surface area contributed by atoms with Crippen LogP contribution in [0, 0.1) is 5.92 Å². The Kier molecular flexibility index (Phi) is 6.88. The molecule has 0 saturated carbocycles. The molecule has 1 N–H and O–H groups in total. The number of nitrogens with zero attached hydrogens (tertiary/aromatic N) is 1. The number of likely N-dealkylation sites (N-methyl/N-ethyl adjacent to an activating group) is 1. The number of carbonyl (C=O) groups is 2. The number of amides is 1. The fraction of sp³-hybridized carbons (Fsp3) is 0.600. The Bertz CT molecular complexity index is 429. The average molecular weight is 296 g/mol. The van der Waals surface area contributed by atoms with E-state index in [-0.39, 0.29) is 23.7 Å². The molecule has 0 fully saturated rings. The third kappa shape index (κ3) is 5.84. The van der Waals surface area contributed by atoms with Gasteiger partial charge in [-0.15, -0.1) is 11.3 Å². The van der Waals surface area contributed by atoms with Crippen molar-refractivity contribution < 1.29 is 9.59 Å². The van der Waals surface area contributed by atoms with Gasteiger partial charge in [-0.05, 0) is 37.8 Å². The summed E-state index contributed by atoms with van der Waals surface area (Å²) in [6, 6.07) is 3.75. The number of ketones is 1. The molecule has 1 unspecified atom stereocenters. The predicted octanol–water partition coefficient (Wildman–Crippen LogP) is 1.95. The summed E-state index contributed by atoms with van der Waals surface area (Å²) in [5.74, 6) is 0.0371. The van der Waals surface area contributed by atoms with Crippen LogP contribution >= 0.6 is 11.3 Å². The summed E-state index contributed by atoms with van der Waals surface area (Å²) in [4.78, 5) is 26.7. The molecule has 0 saturated heterocycles. The monoisotopic (exact) mass is 296 g/mol. The highest BCUT2D eigenvalue weighted by Crippen LogP contribution is 2.09. The second-order valence-electron chi connectivity index (χ2n) is 5.47. The summed E-state index contributed by atoms with van der Waals surface area (Å²) in [5, 5.41) is 4.87. The maximum absolute atomic E-state index is 11.9. The van der Waals surface area contributed by atoms with E-state index < -0.39 is 0 Å². The molecule has 1 aromatic heterocycles. The normalized spacial score (nSPS) is 12.7. The van der Waals surface area contributed by atoms with E-state index in [1.54, 1.807) is 11.3 Å². The molecule has 4 nitrogen and oxygen atoms in total. The van der Waals surface area contributed by atoms with Gasteiger partial charge in [0.25, 0.3) is 0 Å². The Morgan fingerprint density at radius 3 is 2.60 bits per heavy atom. The summed E-state index contributed by atoms with van der Waals surface area (Å²) < 4.78 is 0. The zero-order valence-corrected chi connectivity index (χ0v) is 13.5. The van der Waals surface area contributed by atoms with E-state index in [9.17, 15) is 9.59 Å². The van der Waals surface area contributed by atoms with Crippen molar-refractivity contribution >= 4 is 23.0 Å². The zero-order chi connectivity index (χ0) is 15.1.